The van der Waals surface area contributed by atoms with Crippen LogP contribution in [0.1, 0.15) is 36.5 Å². The van der Waals surface area contributed by atoms with Gasteiger partial charge in [-0.2, -0.15) is 0 Å². The molecule has 5 heteroatoms. The number of rotatable bonds is 3. The van der Waals surface area contributed by atoms with Crippen molar-refractivity contribution < 1.29 is 14.6 Å². The molecule has 0 aromatic heterocycles. The van der Waals surface area contributed by atoms with E-state index in [2.05, 4.69) is 0 Å². The fraction of sp³-hybridized carbons (Fsp3) is 0.500. The molecule has 1 aromatic rings. The number of piperidine rings is 1. The van der Waals surface area contributed by atoms with E-state index in [1.807, 2.05) is 6.07 Å². The summed E-state index contributed by atoms with van der Waals surface area (Å²) in [6.45, 7) is 2.79. The summed E-state index contributed by atoms with van der Waals surface area (Å²) in [5, 5.41) is 10.2. The van der Waals surface area contributed by atoms with Crippen LogP contribution in [0.4, 0.5) is 5.69 Å². The first kappa shape index (κ1) is 13.8. The maximum absolute atomic E-state index is 11.7. The molecule has 0 aliphatic carbocycles. The van der Waals surface area contributed by atoms with Crippen LogP contribution in [0.3, 0.4) is 0 Å². The molecule has 104 valence electrons. The predicted molar refractivity (Wildman–Crippen MR) is 72.7 cm³/mol. The lowest BCUT2D eigenvalue weighted by atomic mass is 10.0. The molecule has 3 N–H and O–H groups in total. The van der Waals surface area contributed by atoms with Crippen molar-refractivity contribution in [3.63, 3.8) is 0 Å². The quantitative estimate of drug-likeness (QED) is 0.638. The highest BCUT2D eigenvalue weighted by Crippen LogP contribution is 2.28. The number of esters is 1. The minimum Gasteiger partial charge on any atom is -0.462 e. The third kappa shape index (κ3) is 3.05. The minimum atomic E-state index is -1.34. The van der Waals surface area contributed by atoms with Crippen molar-refractivity contribution in [2.45, 2.75) is 32.0 Å². The Bertz CT molecular complexity index is 460. The molecular weight excluding hydrogens is 244 g/mol. The molecule has 2 rings (SSSR count). The second-order valence-corrected chi connectivity index (χ2v) is 4.76. The van der Waals surface area contributed by atoms with Crippen molar-refractivity contribution >= 4 is 11.7 Å². The van der Waals surface area contributed by atoms with E-state index in [1.54, 1.807) is 30.0 Å². The maximum Gasteiger partial charge on any atom is 0.338 e. The topological polar surface area (TPSA) is 75.8 Å². The minimum absolute atomic E-state index is 0.341. The molecule has 1 aliphatic rings. The van der Waals surface area contributed by atoms with E-state index in [0.717, 1.165) is 18.5 Å². The molecule has 0 bridgehead atoms. The summed E-state index contributed by atoms with van der Waals surface area (Å²) in [7, 11) is 0. The van der Waals surface area contributed by atoms with E-state index in [4.69, 9.17) is 10.5 Å². The van der Waals surface area contributed by atoms with Gasteiger partial charge < -0.3 is 14.7 Å². The molecule has 1 unspecified atom stereocenters. The van der Waals surface area contributed by atoms with Crippen LogP contribution in [-0.2, 0) is 4.74 Å². The lowest BCUT2D eigenvalue weighted by molar-refractivity contribution is 0.0191. The van der Waals surface area contributed by atoms with Crippen molar-refractivity contribution in [1.82, 2.24) is 0 Å². The zero-order valence-electron chi connectivity index (χ0n) is 11.1. The van der Waals surface area contributed by atoms with Crippen molar-refractivity contribution in [3.05, 3.63) is 29.8 Å². The Labute approximate surface area is 113 Å². The molecule has 19 heavy (non-hydrogen) atoms. The van der Waals surface area contributed by atoms with Crippen LogP contribution in [0.25, 0.3) is 0 Å². The van der Waals surface area contributed by atoms with E-state index in [9.17, 15) is 9.90 Å². The number of anilines is 1. The van der Waals surface area contributed by atoms with Crippen LogP contribution >= 0.6 is 0 Å². The number of hydrogen-bond acceptors (Lipinski definition) is 5. The van der Waals surface area contributed by atoms with Crippen molar-refractivity contribution in [3.8, 4) is 0 Å². The molecular formula is C14H20N2O3. The molecule has 1 heterocycles. The Morgan fingerprint density at radius 3 is 3.00 bits per heavy atom. The Morgan fingerprint density at radius 1 is 1.53 bits per heavy atom. The standard InChI is InChI=1S/C14H20N2O3/c1-2-19-13(17)11-6-5-7-12(10-11)16-9-4-3-8-14(16,15)18/h5-7,10,18H,2-4,8-9,15H2,1H3. The van der Waals surface area contributed by atoms with Gasteiger partial charge in [-0.05, 0) is 38.0 Å². The lowest BCUT2D eigenvalue weighted by Gasteiger charge is -2.42. The van der Waals surface area contributed by atoms with Crippen LogP contribution in [-0.4, -0.2) is 30.1 Å². The fourth-order valence-corrected chi connectivity index (χ4v) is 2.35. The second-order valence-electron chi connectivity index (χ2n) is 4.76. The van der Waals surface area contributed by atoms with Gasteiger partial charge >= 0.3 is 5.97 Å². The van der Waals surface area contributed by atoms with Gasteiger partial charge in [0.05, 0.1) is 12.2 Å². The average Bonchev–Trinajstić information content (AvgIpc) is 2.38. The summed E-state index contributed by atoms with van der Waals surface area (Å²) in [4.78, 5) is 13.4. The molecule has 1 aliphatic heterocycles. The monoisotopic (exact) mass is 264 g/mol. The van der Waals surface area contributed by atoms with E-state index in [-0.39, 0.29) is 5.97 Å². The molecule has 0 radical (unpaired) electrons. The van der Waals surface area contributed by atoms with Gasteiger partial charge in [0.25, 0.3) is 0 Å². The van der Waals surface area contributed by atoms with Crippen LogP contribution < -0.4 is 10.6 Å². The third-order valence-electron chi connectivity index (χ3n) is 3.31. The van der Waals surface area contributed by atoms with Crippen molar-refractivity contribution in [2.24, 2.45) is 5.73 Å². The molecule has 0 amide bonds. The van der Waals surface area contributed by atoms with E-state index in [1.165, 1.54) is 0 Å². The third-order valence-corrected chi connectivity index (χ3v) is 3.31. The first-order valence-corrected chi connectivity index (χ1v) is 6.60. The zero-order valence-corrected chi connectivity index (χ0v) is 11.1. The van der Waals surface area contributed by atoms with E-state index >= 15 is 0 Å². The number of hydrogen-bond donors (Lipinski definition) is 2. The number of carbonyl (C=O) groups is 1. The number of carbonyl (C=O) groups excluding carboxylic acids is 1. The number of benzene rings is 1. The summed E-state index contributed by atoms with van der Waals surface area (Å²) in [6.07, 6.45) is 2.40. The highest BCUT2D eigenvalue weighted by Gasteiger charge is 2.33. The normalized spacial score (nSPS) is 23.2. The number of aliphatic hydroxyl groups is 1. The smallest absolute Gasteiger partial charge is 0.338 e. The Balaban J connectivity index is 2.25. The van der Waals surface area contributed by atoms with E-state index in [0.29, 0.717) is 25.1 Å². The summed E-state index contributed by atoms with van der Waals surface area (Å²) in [6, 6.07) is 7.01. The summed E-state index contributed by atoms with van der Waals surface area (Å²) in [5.74, 6) is -1.70. The molecule has 5 nitrogen and oxygen atoms in total. The van der Waals surface area contributed by atoms with Gasteiger partial charge in [0, 0.05) is 18.7 Å². The van der Waals surface area contributed by atoms with Gasteiger partial charge in [-0.25, -0.2) is 4.79 Å². The van der Waals surface area contributed by atoms with E-state index < -0.39 is 5.85 Å². The SMILES string of the molecule is CCOC(=O)c1cccc(N2CCCCC2(N)O)c1. The molecule has 1 fully saturated rings. The number of nitrogens with two attached hydrogens (primary N) is 1. The van der Waals surface area contributed by atoms with Gasteiger partial charge in [-0.15, -0.1) is 0 Å². The van der Waals surface area contributed by atoms with Gasteiger partial charge in [-0.3, -0.25) is 5.73 Å². The van der Waals surface area contributed by atoms with Gasteiger partial charge in [-0.1, -0.05) is 6.07 Å². The van der Waals surface area contributed by atoms with Gasteiger partial charge in [0.15, 0.2) is 5.85 Å². The maximum atomic E-state index is 11.7. The lowest BCUT2D eigenvalue weighted by Crippen LogP contribution is -2.59. The first-order chi connectivity index (χ1) is 9.04. The molecule has 1 atom stereocenters. The highest BCUT2D eigenvalue weighted by molar-refractivity contribution is 5.90. The molecule has 1 saturated heterocycles. The fourth-order valence-electron chi connectivity index (χ4n) is 2.35. The first-order valence-electron chi connectivity index (χ1n) is 6.60. The van der Waals surface area contributed by atoms with Gasteiger partial charge in [0.1, 0.15) is 0 Å². The van der Waals surface area contributed by atoms with Crippen LogP contribution in [0.15, 0.2) is 24.3 Å². The molecule has 0 saturated carbocycles. The van der Waals surface area contributed by atoms with Crippen molar-refractivity contribution in [2.75, 3.05) is 18.1 Å². The van der Waals surface area contributed by atoms with Gasteiger partial charge in [0.2, 0.25) is 0 Å². The largest absolute Gasteiger partial charge is 0.462 e. The van der Waals surface area contributed by atoms with Crippen molar-refractivity contribution in [1.29, 1.82) is 0 Å². The Kier molecular flexibility index (Phi) is 4.07. The molecule has 1 aromatic carbocycles. The number of ether oxygens (including phenoxy) is 1. The Hall–Kier alpha value is -1.59. The molecule has 0 spiro atoms. The average molecular weight is 264 g/mol. The summed E-state index contributed by atoms with van der Waals surface area (Å²) < 4.78 is 4.97. The predicted octanol–water partition coefficient (Wildman–Crippen LogP) is 1.46. The number of nitrogens with zero attached hydrogens (tertiary/aromatic N) is 1. The van der Waals surface area contributed by atoms with Crippen LogP contribution in [0.5, 0.6) is 0 Å². The highest BCUT2D eigenvalue weighted by atomic mass is 16.5. The van der Waals surface area contributed by atoms with Crippen LogP contribution in [0.2, 0.25) is 0 Å². The van der Waals surface area contributed by atoms with Crippen LogP contribution in [0, 0.1) is 0 Å². The Morgan fingerprint density at radius 2 is 2.32 bits per heavy atom. The zero-order chi connectivity index (χ0) is 13.9. The summed E-state index contributed by atoms with van der Waals surface area (Å²) in [5.41, 5.74) is 7.12. The summed E-state index contributed by atoms with van der Waals surface area (Å²) >= 11 is 0. The second kappa shape index (κ2) is 5.59.